The molecule has 0 unspecified atom stereocenters. The zero-order chi connectivity index (χ0) is 11.5. The molecule has 1 aliphatic heterocycles. The third-order valence-corrected chi connectivity index (χ3v) is 2.17. The van der Waals surface area contributed by atoms with E-state index in [2.05, 4.69) is 5.43 Å². The Morgan fingerprint density at radius 1 is 1.19 bits per heavy atom. The first-order valence-electron chi connectivity index (χ1n) is 4.81. The maximum atomic E-state index is 11.5. The standard InChI is InChI=1S/C11H11N3O2/c1-9(15)13-7-8-14(12-11(13)16)10-5-3-2-4-6-10/h2-8H,1H3,(H,12,16). The van der Waals surface area contributed by atoms with Crippen molar-refractivity contribution in [2.45, 2.75) is 6.92 Å². The molecule has 82 valence electrons. The van der Waals surface area contributed by atoms with Gasteiger partial charge in [0, 0.05) is 19.3 Å². The van der Waals surface area contributed by atoms with Crippen molar-refractivity contribution in [1.29, 1.82) is 0 Å². The van der Waals surface area contributed by atoms with Gasteiger partial charge < -0.3 is 0 Å². The van der Waals surface area contributed by atoms with Crippen LogP contribution in [-0.2, 0) is 4.79 Å². The number of imide groups is 1. The largest absolute Gasteiger partial charge is 0.347 e. The van der Waals surface area contributed by atoms with Crippen molar-refractivity contribution in [1.82, 2.24) is 10.3 Å². The molecule has 0 bridgehead atoms. The van der Waals surface area contributed by atoms with Gasteiger partial charge in [0.05, 0.1) is 5.69 Å². The Balaban J connectivity index is 2.21. The van der Waals surface area contributed by atoms with E-state index in [1.54, 1.807) is 11.2 Å². The predicted octanol–water partition coefficient (Wildman–Crippen LogP) is 1.45. The second-order valence-corrected chi connectivity index (χ2v) is 3.31. The van der Waals surface area contributed by atoms with Gasteiger partial charge in [0.2, 0.25) is 5.91 Å². The van der Waals surface area contributed by atoms with Gasteiger partial charge in [-0.15, -0.1) is 0 Å². The quantitative estimate of drug-likeness (QED) is 0.774. The molecule has 1 aliphatic rings. The molecule has 0 atom stereocenters. The second-order valence-electron chi connectivity index (χ2n) is 3.31. The van der Waals surface area contributed by atoms with Gasteiger partial charge in [-0.25, -0.2) is 15.1 Å². The summed E-state index contributed by atoms with van der Waals surface area (Å²) in [7, 11) is 0. The summed E-state index contributed by atoms with van der Waals surface area (Å²) in [6.07, 6.45) is 3.06. The molecule has 1 aromatic carbocycles. The van der Waals surface area contributed by atoms with Crippen LogP contribution in [0.1, 0.15) is 6.92 Å². The number of anilines is 1. The van der Waals surface area contributed by atoms with Crippen molar-refractivity contribution in [3.05, 3.63) is 42.7 Å². The van der Waals surface area contributed by atoms with Gasteiger partial charge >= 0.3 is 6.03 Å². The number of nitrogens with zero attached hydrogens (tertiary/aromatic N) is 2. The number of benzene rings is 1. The van der Waals surface area contributed by atoms with Crippen LogP contribution in [0.2, 0.25) is 0 Å². The van der Waals surface area contributed by atoms with Crippen LogP contribution in [-0.4, -0.2) is 16.8 Å². The lowest BCUT2D eigenvalue weighted by Gasteiger charge is -2.28. The van der Waals surface area contributed by atoms with Gasteiger partial charge in [0.15, 0.2) is 0 Å². The lowest BCUT2D eigenvalue weighted by atomic mass is 10.3. The van der Waals surface area contributed by atoms with Crippen molar-refractivity contribution in [2.24, 2.45) is 0 Å². The minimum Gasteiger partial charge on any atom is -0.274 e. The Hall–Kier alpha value is -2.30. The molecular weight excluding hydrogens is 206 g/mol. The number of urea groups is 1. The first-order valence-corrected chi connectivity index (χ1v) is 4.81. The molecule has 0 saturated carbocycles. The molecule has 0 spiro atoms. The smallest absolute Gasteiger partial charge is 0.274 e. The van der Waals surface area contributed by atoms with Crippen LogP contribution in [0.5, 0.6) is 0 Å². The third-order valence-electron chi connectivity index (χ3n) is 2.17. The van der Waals surface area contributed by atoms with Crippen LogP contribution in [0.4, 0.5) is 10.5 Å². The summed E-state index contributed by atoms with van der Waals surface area (Å²) in [5.41, 5.74) is 3.41. The van der Waals surface area contributed by atoms with Gasteiger partial charge in [-0.1, -0.05) is 18.2 Å². The third kappa shape index (κ3) is 1.88. The van der Waals surface area contributed by atoms with Crippen LogP contribution in [0, 0.1) is 0 Å². The fourth-order valence-electron chi connectivity index (χ4n) is 1.38. The summed E-state index contributed by atoms with van der Waals surface area (Å²) in [5.74, 6) is -0.318. The highest BCUT2D eigenvalue weighted by atomic mass is 16.2. The fraction of sp³-hybridized carbons (Fsp3) is 0.0909. The van der Waals surface area contributed by atoms with E-state index in [-0.39, 0.29) is 5.91 Å². The Bertz CT molecular complexity index is 442. The molecule has 1 N–H and O–H groups in total. The molecule has 3 amide bonds. The van der Waals surface area contributed by atoms with Crippen LogP contribution in [0.3, 0.4) is 0 Å². The number of carbonyl (C=O) groups excluding carboxylic acids is 2. The number of hydrogen-bond donors (Lipinski definition) is 1. The van der Waals surface area contributed by atoms with E-state index in [0.29, 0.717) is 0 Å². The molecule has 0 radical (unpaired) electrons. The minimum absolute atomic E-state index is 0.318. The average Bonchev–Trinajstić information content (AvgIpc) is 2.29. The van der Waals surface area contributed by atoms with E-state index < -0.39 is 6.03 Å². The second kappa shape index (κ2) is 4.06. The molecule has 0 saturated heterocycles. The van der Waals surface area contributed by atoms with Crippen molar-refractivity contribution in [3.8, 4) is 0 Å². The summed E-state index contributed by atoms with van der Waals surface area (Å²) in [4.78, 5) is 23.6. The highest BCUT2D eigenvalue weighted by Crippen LogP contribution is 2.14. The van der Waals surface area contributed by atoms with E-state index in [0.717, 1.165) is 10.6 Å². The Labute approximate surface area is 92.9 Å². The van der Waals surface area contributed by atoms with E-state index in [1.807, 2.05) is 30.3 Å². The summed E-state index contributed by atoms with van der Waals surface area (Å²) in [6.45, 7) is 1.34. The molecule has 16 heavy (non-hydrogen) atoms. The first kappa shape index (κ1) is 10.2. The predicted molar refractivity (Wildman–Crippen MR) is 59.1 cm³/mol. The molecule has 2 rings (SSSR count). The zero-order valence-corrected chi connectivity index (χ0v) is 8.75. The number of nitrogens with one attached hydrogen (secondary N) is 1. The number of hydrogen-bond acceptors (Lipinski definition) is 3. The normalized spacial score (nSPS) is 14.9. The Kier molecular flexibility index (Phi) is 2.59. The number of amides is 3. The summed E-state index contributed by atoms with van der Waals surface area (Å²) in [6, 6.07) is 8.88. The van der Waals surface area contributed by atoms with E-state index >= 15 is 0 Å². The summed E-state index contributed by atoms with van der Waals surface area (Å²) < 4.78 is 0. The summed E-state index contributed by atoms with van der Waals surface area (Å²) in [5, 5.41) is 1.56. The number of para-hydroxylation sites is 1. The van der Waals surface area contributed by atoms with E-state index in [9.17, 15) is 9.59 Å². The first-order chi connectivity index (χ1) is 7.68. The van der Waals surface area contributed by atoms with Crippen LogP contribution >= 0.6 is 0 Å². The fourth-order valence-corrected chi connectivity index (χ4v) is 1.38. The zero-order valence-electron chi connectivity index (χ0n) is 8.75. The Morgan fingerprint density at radius 3 is 2.44 bits per heavy atom. The van der Waals surface area contributed by atoms with Gasteiger partial charge in [0.25, 0.3) is 0 Å². The molecule has 0 fully saturated rings. The molecule has 1 heterocycles. The highest BCUT2D eigenvalue weighted by Gasteiger charge is 2.21. The van der Waals surface area contributed by atoms with E-state index in [1.165, 1.54) is 13.1 Å². The maximum Gasteiger partial charge on any atom is 0.347 e. The number of hydrazine groups is 1. The summed E-state index contributed by atoms with van der Waals surface area (Å²) >= 11 is 0. The van der Waals surface area contributed by atoms with Gasteiger partial charge in [-0.05, 0) is 12.1 Å². The van der Waals surface area contributed by atoms with Gasteiger partial charge in [-0.2, -0.15) is 0 Å². The molecule has 0 aromatic heterocycles. The topological polar surface area (TPSA) is 52.7 Å². The molecule has 5 nitrogen and oxygen atoms in total. The maximum absolute atomic E-state index is 11.5. The lowest BCUT2D eigenvalue weighted by molar-refractivity contribution is -0.124. The van der Waals surface area contributed by atoms with Crippen molar-refractivity contribution in [3.63, 3.8) is 0 Å². The lowest BCUT2D eigenvalue weighted by Crippen LogP contribution is -2.50. The average molecular weight is 217 g/mol. The monoisotopic (exact) mass is 217 g/mol. The minimum atomic E-state index is -0.459. The number of rotatable bonds is 1. The van der Waals surface area contributed by atoms with Gasteiger partial charge in [0.1, 0.15) is 0 Å². The Morgan fingerprint density at radius 2 is 1.88 bits per heavy atom. The molecule has 1 aromatic rings. The highest BCUT2D eigenvalue weighted by molar-refractivity contribution is 5.96. The van der Waals surface area contributed by atoms with Gasteiger partial charge in [-0.3, -0.25) is 9.80 Å². The SMILES string of the molecule is CC(=O)N1C=CN(c2ccccc2)NC1=O. The van der Waals surface area contributed by atoms with Crippen LogP contribution in [0.25, 0.3) is 0 Å². The van der Waals surface area contributed by atoms with Crippen molar-refractivity contribution < 1.29 is 9.59 Å². The van der Waals surface area contributed by atoms with Crippen LogP contribution in [0.15, 0.2) is 42.7 Å². The van der Waals surface area contributed by atoms with Crippen LogP contribution < -0.4 is 10.4 Å². The molecule has 0 aliphatic carbocycles. The van der Waals surface area contributed by atoms with Crippen molar-refractivity contribution >= 4 is 17.6 Å². The van der Waals surface area contributed by atoms with Crippen molar-refractivity contribution in [2.75, 3.05) is 5.01 Å². The molecular formula is C11H11N3O2. The number of carbonyl (C=O) groups is 2. The molecule has 5 heteroatoms. The van der Waals surface area contributed by atoms with E-state index in [4.69, 9.17) is 0 Å².